The number of carbonyl (C=O) groups excluding carboxylic acids is 2. The van der Waals surface area contributed by atoms with E-state index in [4.69, 9.17) is 0 Å². The Balaban J connectivity index is 1.57. The summed E-state index contributed by atoms with van der Waals surface area (Å²) in [6, 6.07) is 0. The molecule has 0 aromatic carbocycles. The Labute approximate surface area is 133 Å². The van der Waals surface area contributed by atoms with Gasteiger partial charge in [-0.15, -0.1) is 0 Å². The Kier molecular flexibility index (Phi) is 4.71. The molecule has 1 aliphatic carbocycles. The molecule has 5 heteroatoms. The van der Waals surface area contributed by atoms with Crippen LogP contribution in [0.25, 0.3) is 0 Å². The second kappa shape index (κ2) is 6.57. The van der Waals surface area contributed by atoms with Crippen molar-refractivity contribution < 1.29 is 9.59 Å². The van der Waals surface area contributed by atoms with E-state index in [1.165, 1.54) is 25.7 Å². The molecule has 2 amide bonds. The van der Waals surface area contributed by atoms with Gasteiger partial charge in [-0.2, -0.15) is 0 Å². The number of likely N-dealkylation sites (N-methyl/N-ethyl adjacent to an activating group) is 1. The molecular weight excluding hydrogens is 278 g/mol. The van der Waals surface area contributed by atoms with Crippen LogP contribution in [0, 0.1) is 5.92 Å². The molecule has 1 saturated carbocycles. The van der Waals surface area contributed by atoms with Gasteiger partial charge in [-0.25, -0.2) is 0 Å². The number of rotatable bonds is 3. The van der Waals surface area contributed by atoms with E-state index in [0.29, 0.717) is 18.4 Å². The lowest BCUT2D eigenvalue weighted by atomic mass is 9.84. The molecule has 3 rings (SSSR count). The number of piperidine rings is 1. The van der Waals surface area contributed by atoms with Gasteiger partial charge in [0.2, 0.25) is 11.8 Å². The maximum absolute atomic E-state index is 12.6. The van der Waals surface area contributed by atoms with E-state index >= 15 is 0 Å². The summed E-state index contributed by atoms with van der Waals surface area (Å²) in [5.41, 5.74) is 0.166. The van der Waals surface area contributed by atoms with E-state index in [1.54, 1.807) is 7.05 Å². The van der Waals surface area contributed by atoms with E-state index < -0.39 is 0 Å². The van der Waals surface area contributed by atoms with Crippen molar-refractivity contribution in [2.24, 2.45) is 5.92 Å². The van der Waals surface area contributed by atoms with E-state index in [2.05, 4.69) is 15.1 Å². The van der Waals surface area contributed by atoms with E-state index in [9.17, 15) is 9.59 Å². The highest BCUT2D eigenvalue weighted by molar-refractivity contribution is 5.79. The standard InChI is InChI=1S/C17H29N3O2/c1-18-15(21)13-20-10-4-7-17(20)8-11-19(12-9-17)16(22)14-5-2-3-6-14/h14H,2-13H2,1H3,(H,18,21). The van der Waals surface area contributed by atoms with Gasteiger partial charge in [0.15, 0.2) is 0 Å². The molecule has 124 valence electrons. The number of nitrogens with zero attached hydrogens (tertiary/aromatic N) is 2. The molecule has 0 unspecified atom stereocenters. The highest BCUT2D eigenvalue weighted by Gasteiger charge is 2.44. The molecule has 2 heterocycles. The Hall–Kier alpha value is -1.10. The van der Waals surface area contributed by atoms with Crippen LogP contribution in [0.3, 0.4) is 0 Å². The van der Waals surface area contributed by atoms with Crippen molar-refractivity contribution in [2.45, 2.75) is 56.9 Å². The zero-order valence-electron chi connectivity index (χ0n) is 13.8. The Morgan fingerprint density at radius 1 is 1.05 bits per heavy atom. The smallest absolute Gasteiger partial charge is 0.233 e. The Morgan fingerprint density at radius 2 is 1.73 bits per heavy atom. The summed E-state index contributed by atoms with van der Waals surface area (Å²) in [5, 5.41) is 2.73. The van der Waals surface area contributed by atoms with Crippen LogP contribution >= 0.6 is 0 Å². The largest absolute Gasteiger partial charge is 0.358 e. The first-order valence-corrected chi connectivity index (χ1v) is 8.89. The Morgan fingerprint density at radius 3 is 2.36 bits per heavy atom. The van der Waals surface area contributed by atoms with Crippen LogP contribution < -0.4 is 5.32 Å². The number of amides is 2. The summed E-state index contributed by atoms with van der Waals surface area (Å²) in [7, 11) is 1.70. The summed E-state index contributed by atoms with van der Waals surface area (Å²) < 4.78 is 0. The number of hydrogen-bond acceptors (Lipinski definition) is 3. The van der Waals surface area contributed by atoms with Gasteiger partial charge in [-0.05, 0) is 45.1 Å². The monoisotopic (exact) mass is 307 g/mol. The van der Waals surface area contributed by atoms with Crippen molar-refractivity contribution >= 4 is 11.8 Å². The van der Waals surface area contributed by atoms with Crippen molar-refractivity contribution in [3.8, 4) is 0 Å². The third kappa shape index (κ3) is 3.00. The van der Waals surface area contributed by atoms with E-state index in [1.807, 2.05) is 0 Å². The Bertz CT molecular complexity index is 424. The molecule has 0 bridgehead atoms. The van der Waals surface area contributed by atoms with Crippen molar-refractivity contribution in [1.82, 2.24) is 15.1 Å². The first-order valence-electron chi connectivity index (χ1n) is 8.89. The van der Waals surface area contributed by atoms with Crippen LogP contribution in [0.2, 0.25) is 0 Å². The normalized spacial score (nSPS) is 25.8. The highest BCUT2D eigenvalue weighted by atomic mass is 16.2. The molecule has 0 aromatic rings. The molecule has 2 saturated heterocycles. The lowest BCUT2D eigenvalue weighted by Gasteiger charge is -2.45. The summed E-state index contributed by atoms with van der Waals surface area (Å²) in [6.45, 7) is 3.27. The number of carbonyl (C=O) groups is 2. The fraction of sp³-hybridized carbons (Fsp3) is 0.882. The fourth-order valence-electron chi connectivity index (χ4n) is 4.63. The first kappa shape index (κ1) is 15.8. The molecule has 1 spiro atoms. The summed E-state index contributed by atoms with van der Waals surface area (Å²) >= 11 is 0. The molecule has 0 radical (unpaired) electrons. The second-order valence-electron chi connectivity index (χ2n) is 7.23. The van der Waals surface area contributed by atoms with Crippen LogP contribution in [0.4, 0.5) is 0 Å². The minimum absolute atomic E-state index is 0.103. The lowest BCUT2D eigenvalue weighted by Crippen LogP contribution is -2.55. The molecule has 22 heavy (non-hydrogen) atoms. The molecule has 2 aliphatic heterocycles. The van der Waals surface area contributed by atoms with Gasteiger partial charge in [0.25, 0.3) is 0 Å². The van der Waals surface area contributed by atoms with Gasteiger partial charge in [-0.3, -0.25) is 14.5 Å². The maximum atomic E-state index is 12.6. The predicted octanol–water partition coefficient (Wildman–Crippen LogP) is 1.38. The topological polar surface area (TPSA) is 52.7 Å². The zero-order chi connectivity index (χ0) is 15.6. The van der Waals surface area contributed by atoms with Crippen molar-refractivity contribution in [3.63, 3.8) is 0 Å². The van der Waals surface area contributed by atoms with Crippen molar-refractivity contribution in [2.75, 3.05) is 33.2 Å². The van der Waals surface area contributed by atoms with Crippen LogP contribution in [0.5, 0.6) is 0 Å². The zero-order valence-corrected chi connectivity index (χ0v) is 13.8. The van der Waals surface area contributed by atoms with Crippen LogP contribution in [0.1, 0.15) is 51.4 Å². The molecule has 1 N–H and O–H groups in total. The average Bonchev–Trinajstić information content (AvgIpc) is 3.19. The highest BCUT2D eigenvalue weighted by Crippen LogP contribution is 2.39. The quantitative estimate of drug-likeness (QED) is 0.857. The van der Waals surface area contributed by atoms with Gasteiger partial charge >= 0.3 is 0 Å². The molecule has 0 aromatic heterocycles. The minimum Gasteiger partial charge on any atom is -0.358 e. The van der Waals surface area contributed by atoms with Crippen LogP contribution in [0.15, 0.2) is 0 Å². The second-order valence-corrected chi connectivity index (χ2v) is 7.23. The third-order valence-corrected chi connectivity index (χ3v) is 6.06. The lowest BCUT2D eigenvalue weighted by molar-refractivity contribution is -0.138. The fourth-order valence-corrected chi connectivity index (χ4v) is 4.63. The third-order valence-electron chi connectivity index (χ3n) is 6.06. The van der Waals surface area contributed by atoms with Crippen molar-refractivity contribution in [1.29, 1.82) is 0 Å². The van der Waals surface area contributed by atoms with Gasteiger partial charge < -0.3 is 10.2 Å². The SMILES string of the molecule is CNC(=O)CN1CCCC12CCN(C(=O)C1CCCC1)CC2. The van der Waals surface area contributed by atoms with Crippen molar-refractivity contribution in [3.05, 3.63) is 0 Å². The summed E-state index contributed by atoms with van der Waals surface area (Å²) in [4.78, 5) is 28.7. The van der Waals surface area contributed by atoms with Gasteiger partial charge in [0, 0.05) is 31.6 Å². The summed E-state index contributed by atoms with van der Waals surface area (Å²) in [5.74, 6) is 0.786. The summed E-state index contributed by atoms with van der Waals surface area (Å²) in [6.07, 6.45) is 9.02. The number of likely N-dealkylation sites (tertiary alicyclic amines) is 2. The predicted molar refractivity (Wildman–Crippen MR) is 85.4 cm³/mol. The van der Waals surface area contributed by atoms with Crippen LogP contribution in [-0.4, -0.2) is 60.4 Å². The van der Waals surface area contributed by atoms with Crippen LogP contribution in [-0.2, 0) is 9.59 Å². The minimum atomic E-state index is 0.103. The molecule has 0 atom stereocenters. The maximum Gasteiger partial charge on any atom is 0.233 e. The molecule has 3 aliphatic rings. The van der Waals surface area contributed by atoms with Gasteiger partial charge in [-0.1, -0.05) is 12.8 Å². The molecule has 3 fully saturated rings. The van der Waals surface area contributed by atoms with E-state index in [0.717, 1.165) is 45.3 Å². The molecular formula is C17H29N3O2. The molecule has 5 nitrogen and oxygen atoms in total. The van der Waals surface area contributed by atoms with Gasteiger partial charge in [0.1, 0.15) is 0 Å². The number of nitrogens with one attached hydrogen (secondary N) is 1. The average molecular weight is 307 g/mol. The number of hydrogen-bond donors (Lipinski definition) is 1. The van der Waals surface area contributed by atoms with Gasteiger partial charge in [0.05, 0.1) is 6.54 Å². The van der Waals surface area contributed by atoms with E-state index in [-0.39, 0.29) is 11.4 Å². The first-order chi connectivity index (χ1) is 10.6.